The van der Waals surface area contributed by atoms with E-state index in [2.05, 4.69) is 5.10 Å². The van der Waals surface area contributed by atoms with Crippen LogP contribution in [0.3, 0.4) is 0 Å². The quantitative estimate of drug-likeness (QED) is 0.561. The average molecular weight is 436 g/mol. The van der Waals surface area contributed by atoms with E-state index in [4.69, 9.17) is 17.3 Å². The first-order chi connectivity index (χ1) is 14.0. The van der Waals surface area contributed by atoms with Crippen LogP contribution in [0.5, 0.6) is 0 Å². The van der Waals surface area contributed by atoms with E-state index in [9.17, 15) is 13.6 Å². The largest absolute Gasteiger partial charge is 0.330 e. The minimum Gasteiger partial charge on any atom is -0.330 e. The first-order valence-electron chi connectivity index (χ1n) is 9.48. The number of carbonyl (C=O) groups is 1. The molecule has 0 radical (unpaired) electrons. The Morgan fingerprint density at radius 3 is 2.93 bits per heavy atom. The van der Waals surface area contributed by atoms with E-state index in [1.54, 1.807) is 6.20 Å². The van der Waals surface area contributed by atoms with Gasteiger partial charge in [-0.05, 0) is 49.4 Å². The highest BCUT2D eigenvalue weighted by atomic mass is 35.5. The topological polar surface area (TPSA) is 60.9 Å². The highest BCUT2D eigenvalue weighted by molar-refractivity contribution is 7.14. The van der Waals surface area contributed by atoms with Crippen LogP contribution in [-0.2, 0) is 19.4 Å². The fourth-order valence-electron chi connectivity index (χ4n) is 3.74. The zero-order chi connectivity index (χ0) is 20.5. The number of carbonyl (C=O) groups excluding carboxylic acids is 1. The van der Waals surface area contributed by atoms with Crippen molar-refractivity contribution < 1.29 is 13.6 Å². The summed E-state index contributed by atoms with van der Waals surface area (Å²) in [5.41, 5.74) is 8.03. The van der Waals surface area contributed by atoms with Crippen molar-refractivity contribution in [3.8, 4) is 11.3 Å². The van der Waals surface area contributed by atoms with Crippen molar-refractivity contribution in [2.24, 2.45) is 11.7 Å². The van der Waals surface area contributed by atoms with Crippen molar-refractivity contribution >= 4 is 28.7 Å². The van der Waals surface area contributed by atoms with E-state index in [0.29, 0.717) is 15.5 Å². The molecule has 2 aromatic heterocycles. The van der Waals surface area contributed by atoms with E-state index in [0.717, 1.165) is 41.6 Å². The first kappa shape index (κ1) is 20.2. The molecule has 2 N–H and O–H groups in total. The minimum absolute atomic E-state index is 0.0248. The maximum Gasteiger partial charge on any atom is 0.173 e. The summed E-state index contributed by atoms with van der Waals surface area (Å²) in [5, 5.41) is 4.90. The van der Waals surface area contributed by atoms with Crippen LogP contribution >= 0.6 is 22.9 Å². The first-order valence-corrected chi connectivity index (χ1v) is 10.7. The number of aryl methyl sites for hydroxylation is 2. The second kappa shape index (κ2) is 8.34. The summed E-state index contributed by atoms with van der Waals surface area (Å²) < 4.78 is 29.0. The van der Waals surface area contributed by atoms with E-state index in [-0.39, 0.29) is 31.1 Å². The Labute approximate surface area is 176 Å². The fraction of sp³-hybridized carbons (Fsp3) is 0.333. The molecule has 0 fully saturated rings. The Bertz CT molecular complexity index is 1060. The van der Waals surface area contributed by atoms with Crippen molar-refractivity contribution in [3.05, 3.63) is 62.4 Å². The lowest BCUT2D eigenvalue weighted by Crippen LogP contribution is -2.20. The summed E-state index contributed by atoms with van der Waals surface area (Å²) in [6.07, 6.45) is 3.93. The smallest absolute Gasteiger partial charge is 0.173 e. The molecular formula is C21H20ClF2N3OS. The van der Waals surface area contributed by atoms with Crippen LogP contribution in [0.4, 0.5) is 8.78 Å². The van der Waals surface area contributed by atoms with E-state index < -0.39 is 11.6 Å². The molecule has 0 bridgehead atoms. The third-order valence-corrected chi connectivity index (χ3v) is 6.75. The van der Waals surface area contributed by atoms with Gasteiger partial charge < -0.3 is 5.73 Å². The van der Waals surface area contributed by atoms with Gasteiger partial charge in [0.05, 0.1) is 21.8 Å². The molecule has 3 heterocycles. The molecule has 3 aromatic rings. The zero-order valence-electron chi connectivity index (χ0n) is 15.6. The average Bonchev–Trinajstić information content (AvgIpc) is 3.22. The lowest BCUT2D eigenvalue weighted by Gasteiger charge is -2.14. The second-order valence-corrected chi connectivity index (χ2v) is 8.83. The zero-order valence-corrected chi connectivity index (χ0v) is 17.2. The lowest BCUT2D eigenvalue weighted by molar-refractivity contribution is 0.0966. The molecule has 1 aliphatic rings. The molecule has 152 valence electrons. The predicted molar refractivity (Wildman–Crippen MR) is 110 cm³/mol. The molecule has 0 saturated carbocycles. The van der Waals surface area contributed by atoms with Crippen LogP contribution < -0.4 is 5.73 Å². The van der Waals surface area contributed by atoms with Crippen molar-refractivity contribution in [2.45, 2.75) is 32.2 Å². The van der Waals surface area contributed by atoms with Crippen LogP contribution in [0, 0.1) is 17.6 Å². The summed E-state index contributed by atoms with van der Waals surface area (Å²) >= 11 is 7.81. The van der Waals surface area contributed by atoms with Crippen molar-refractivity contribution in [2.75, 3.05) is 6.54 Å². The summed E-state index contributed by atoms with van der Waals surface area (Å²) in [7, 11) is 0. The number of thiophene rings is 1. The molecular weight excluding hydrogens is 416 g/mol. The number of hydrogen-bond donors (Lipinski definition) is 1. The summed E-state index contributed by atoms with van der Waals surface area (Å²) in [6.45, 7) is 1.04. The number of aromatic nitrogens is 2. The Morgan fingerprint density at radius 1 is 1.34 bits per heavy atom. The Balaban J connectivity index is 1.54. The third kappa shape index (κ3) is 4.13. The minimum atomic E-state index is -0.621. The number of Topliss-reactive ketones (excluding diaryl/α,β-unsaturated/α-hetero) is 1. The molecule has 1 atom stereocenters. The van der Waals surface area contributed by atoms with Gasteiger partial charge in [0.25, 0.3) is 0 Å². The predicted octanol–water partition coefficient (Wildman–Crippen LogP) is 4.88. The molecule has 0 aliphatic carbocycles. The Hall–Kier alpha value is -2.09. The summed E-state index contributed by atoms with van der Waals surface area (Å²) in [6, 6.07) is 5.37. The molecule has 0 saturated heterocycles. The molecule has 8 heteroatoms. The van der Waals surface area contributed by atoms with Gasteiger partial charge in [-0.2, -0.15) is 5.10 Å². The van der Waals surface area contributed by atoms with E-state index >= 15 is 0 Å². The number of halogens is 3. The molecule has 0 unspecified atom stereocenters. The number of fused-ring (bicyclic) bond motifs is 3. The Morgan fingerprint density at radius 2 is 2.17 bits per heavy atom. The summed E-state index contributed by atoms with van der Waals surface area (Å²) in [5.74, 6) is -1.48. The van der Waals surface area contributed by atoms with Gasteiger partial charge in [-0.3, -0.25) is 9.48 Å². The Kier molecular flexibility index (Phi) is 5.81. The van der Waals surface area contributed by atoms with E-state index in [1.807, 2.05) is 10.7 Å². The van der Waals surface area contributed by atoms with Gasteiger partial charge in [0.1, 0.15) is 11.6 Å². The molecule has 1 aromatic carbocycles. The maximum absolute atomic E-state index is 14.0. The van der Waals surface area contributed by atoms with Gasteiger partial charge in [-0.1, -0.05) is 17.7 Å². The van der Waals surface area contributed by atoms with Crippen molar-refractivity contribution in [1.29, 1.82) is 0 Å². The second-order valence-electron chi connectivity index (χ2n) is 7.28. The molecule has 29 heavy (non-hydrogen) atoms. The number of ketones is 1. The number of nitrogens with two attached hydrogens (primary N) is 1. The molecule has 0 spiro atoms. The van der Waals surface area contributed by atoms with Gasteiger partial charge in [0, 0.05) is 29.5 Å². The van der Waals surface area contributed by atoms with Crippen LogP contribution in [-0.4, -0.2) is 22.1 Å². The molecule has 4 rings (SSSR count). The van der Waals surface area contributed by atoms with Gasteiger partial charge in [-0.15, -0.1) is 11.3 Å². The monoisotopic (exact) mass is 435 g/mol. The van der Waals surface area contributed by atoms with Gasteiger partial charge >= 0.3 is 0 Å². The summed E-state index contributed by atoms with van der Waals surface area (Å²) in [4.78, 5) is 14.7. The molecule has 1 aliphatic heterocycles. The van der Waals surface area contributed by atoms with Crippen LogP contribution in [0.2, 0.25) is 5.02 Å². The number of rotatable bonds is 6. The molecule has 0 amide bonds. The fourth-order valence-corrected chi connectivity index (χ4v) is 5.14. The van der Waals surface area contributed by atoms with Crippen LogP contribution in [0.25, 0.3) is 11.3 Å². The SMILES string of the molecule is NC[C@@H](CC(=O)c1cc2c(s1)CCCn1ncc(Cl)c1-2)Cc1ccc(F)cc1F. The lowest BCUT2D eigenvalue weighted by atomic mass is 9.93. The highest BCUT2D eigenvalue weighted by Gasteiger charge is 2.24. The normalized spacial score (nSPS) is 14.2. The van der Waals surface area contributed by atoms with Crippen LogP contribution in [0.1, 0.15) is 33.0 Å². The molecule has 4 nitrogen and oxygen atoms in total. The highest BCUT2D eigenvalue weighted by Crippen LogP contribution is 2.39. The van der Waals surface area contributed by atoms with Crippen LogP contribution in [0.15, 0.2) is 30.5 Å². The maximum atomic E-state index is 14.0. The van der Waals surface area contributed by atoms with Crippen molar-refractivity contribution in [3.63, 3.8) is 0 Å². The third-order valence-electron chi connectivity index (χ3n) is 5.24. The number of benzene rings is 1. The van der Waals surface area contributed by atoms with Gasteiger partial charge in [0.2, 0.25) is 0 Å². The number of nitrogens with zero attached hydrogens (tertiary/aromatic N) is 2. The number of hydrogen-bond acceptors (Lipinski definition) is 4. The van der Waals surface area contributed by atoms with E-state index in [1.165, 1.54) is 23.5 Å². The standard InChI is InChI=1S/C21H20ClF2N3OS/c22-16-11-26-27-5-1-2-19-15(21(16)27)9-20(29-19)18(28)7-12(10-25)6-13-3-4-14(23)8-17(13)24/h3-4,8-9,11-12H,1-2,5-7,10,25H2/t12-/m1/s1. The van der Waals surface area contributed by atoms with Crippen molar-refractivity contribution in [1.82, 2.24) is 9.78 Å². The van der Waals surface area contributed by atoms with Gasteiger partial charge in [-0.25, -0.2) is 8.78 Å². The van der Waals surface area contributed by atoms with Gasteiger partial charge in [0.15, 0.2) is 5.78 Å².